The van der Waals surface area contributed by atoms with Crippen LogP contribution in [0, 0.1) is 16.7 Å². The lowest BCUT2D eigenvalue weighted by molar-refractivity contribution is -0.141. The molecular weight excluding hydrogens is 321 g/mol. The maximum atomic E-state index is 12.8. The molecule has 8 heteroatoms. The van der Waals surface area contributed by atoms with Crippen LogP contribution in [-0.4, -0.2) is 34.1 Å². The van der Waals surface area contributed by atoms with E-state index in [0.29, 0.717) is 44.5 Å². The zero-order chi connectivity index (χ0) is 17.4. The van der Waals surface area contributed by atoms with Crippen LogP contribution in [-0.2, 0) is 11.0 Å². The molecule has 3 rings (SSSR count). The first-order valence-electron chi connectivity index (χ1n) is 8.19. The number of nitriles is 1. The highest BCUT2D eigenvalue weighted by Gasteiger charge is 2.45. The van der Waals surface area contributed by atoms with Gasteiger partial charge < -0.3 is 4.90 Å². The Bertz CT molecular complexity index is 655. The Morgan fingerprint density at radius 2 is 2.08 bits per heavy atom. The molecule has 1 aliphatic heterocycles. The molecular formula is C16H19F3N4O. The number of piperidine rings is 1. The van der Waals surface area contributed by atoms with Crippen molar-refractivity contribution in [3.05, 3.63) is 17.5 Å². The van der Waals surface area contributed by atoms with Crippen molar-refractivity contribution in [2.75, 3.05) is 13.1 Å². The van der Waals surface area contributed by atoms with Gasteiger partial charge in [0.2, 0.25) is 5.91 Å². The lowest BCUT2D eigenvalue weighted by Gasteiger charge is -2.36. The fourth-order valence-corrected chi connectivity index (χ4v) is 3.76. The third-order valence-electron chi connectivity index (χ3n) is 5.12. The summed E-state index contributed by atoms with van der Waals surface area (Å²) in [6, 6.07) is 3.22. The summed E-state index contributed by atoms with van der Waals surface area (Å²) >= 11 is 0. The Kier molecular flexibility index (Phi) is 4.28. The third-order valence-corrected chi connectivity index (χ3v) is 5.12. The summed E-state index contributed by atoms with van der Waals surface area (Å²) in [4.78, 5) is 14.4. The summed E-state index contributed by atoms with van der Waals surface area (Å²) in [7, 11) is 0. The highest BCUT2D eigenvalue weighted by molar-refractivity contribution is 5.86. The first-order chi connectivity index (χ1) is 11.4. The van der Waals surface area contributed by atoms with Crippen molar-refractivity contribution in [1.29, 1.82) is 5.26 Å². The Labute approximate surface area is 137 Å². The summed E-state index contributed by atoms with van der Waals surface area (Å²) in [5.74, 6) is -0.369. The largest absolute Gasteiger partial charge is 0.435 e. The molecule has 1 aliphatic carbocycles. The number of aromatic nitrogens is 2. The number of aromatic amines is 1. The number of alkyl halides is 3. The Balaban J connectivity index is 1.74. The van der Waals surface area contributed by atoms with Gasteiger partial charge in [-0.1, -0.05) is 12.8 Å². The molecule has 24 heavy (non-hydrogen) atoms. The minimum absolute atomic E-state index is 0.164. The van der Waals surface area contributed by atoms with Crippen molar-refractivity contribution < 1.29 is 18.0 Å². The van der Waals surface area contributed by atoms with E-state index < -0.39 is 17.3 Å². The second kappa shape index (κ2) is 6.11. The highest BCUT2D eigenvalue weighted by Crippen LogP contribution is 2.40. The number of rotatable bonds is 2. The lowest BCUT2D eigenvalue weighted by atomic mass is 9.84. The molecule has 5 nitrogen and oxygen atoms in total. The van der Waals surface area contributed by atoms with Crippen LogP contribution in [0.25, 0.3) is 0 Å². The number of hydrogen-bond acceptors (Lipinski definition) is 3. The van der Waals surface area contributed by atoms with Crippen LogP contribution in [0.1, 0.15) is 55.8 Å². The van der Waals surface area contributed by atoms with Gasteiger partial charge in [0.15, 0.2) is 5.69 Å². The maximum Gasteiger partial charge on any atom is 0.435 e. The predicted molar refractivity (Wildman–Crippen MR) is 78.7 cm³/mol. The van der Waals surface area contributed by atoms with Crippen LogP contribution in [0.5, 0.6) is 0 Å². The normalized spacial score (nSPS) is 23.9. The second-order valence-corrected chi connectivity index (χ2v) is 6.70. The molecule has 130 valence electrons. The van der Waals surface area contributed by atoms with Crippen LogP contribution in [0.3, 0.4) is 0 Å². The number of H-pyrrole nitrogens is 1. The molecule has 1 atom stereocenters. The molecule has 1 aromatic rings. The maximum absolute atomic E-state index is 12.8. The van der Waals surface area contributed by atoms with E-state index in [4.69, 9.17) is 0 Å². The molecule has 1 aromatic heterocycles. The van der Waals surface area contributed by atoms with Gasteiger partial charge in [-0.25, -0.2) is 0 Å². The number of nitrogens with zero attached hydrogens (tertiary/aromatic N) is 3. The molecule has 2 heterocycles. The van der Waals surface area contributed by atoms with Gasteiger partial charge in [0.1, 0.15) is 5.41 Å². The first kappa shape index (κ1) is 16.8. The Hall–Kier alpha value is -2.04. The van der Waals surface area contributed by atoms with Gasteiger partial charge in [0.05, 0.1) is 6.07 Å². The molecule has 2 fully saturated rings. The van der Waals surface area contributed by atoms with E-state index in [1.54, 1.807) is 4.90 Å². The molecule has 1 saturated carbocycles. The van der Waals surface area contributed by atoms with Crippen molar-refractivity contribution in [3.63, 3.8) is 0 Å². The smallest absolute Gasteiger partial charge is 0.341 e. The summed E-state index contributed by atoms with van der Waals surface area (Å²) in [5, 5.41) is 15.3. The van der Waals surface area contributed by atoms with Crippen LogP contribution >= 0.6 is 0 Å². The molecule has 0 bridgehead atoms. The van der Waals surface area contributed by atoms with Gasteiger partial charge in [-0.05, 0) is 31.7 Å². The minimum atomic E-state index is -4.48. The second-order valence-electron chi connectivity index (χ2n) is 6.70. The summed E-state index contributed by atoms with van der Waals surface area (Å²) in [6.45, 7) is 0.890. The monoisotopic (exact) mass is 340 g/mol. The summed E-state index contributed by atoms with van der Waals surface area (Å²) in [6.07, 6.45) is -0.190. The SMILES string of the molecule is N#CC1(C(=O)N2CCCC(c3cc(C(F)(F)F)n[nH]3)C2)CCCC1. The van der Waals surface area contributed by atoms with Gasteiger partial charge in [0.25, 0.3) is 0 Å². The van der Waals surface area contributed by atoms with E-state index in [1.165, 1.54) is 0 Å². The van der Waals surface area contributed by atoms with E-state index >= 15 is 0 Å². The Morgan fingerprint density at radius 1 is 1.38 bits per heavy atom. The van der Waals surface area contributed by atoms with Crippen molar-refractivity contribution >= 4 is 5.91 Å². The molecule has 2 aliphatic rings. The van der Waals surface area contributed by atoms with Crippen molar-refractivity contribution in [3.8, 4) is 6.07 Å². The topological polar surface area (TPSA) is 72.8 Å². The van der Waals surface area contributed by atoms with Gasteiger partial charge in [-0.15, -0.1) is 0 Å². The quantitative estimate of drug-likeness (QED) is 0.898. The standard InChI is InChI=1S/C16H19F3N4O/c17-16(18,19)13-8-12(21-22-13)11-4-3-7-23(9-11)14(24)15(10-20)5-1-2-6-15/h8,11H,1-7,9H2,(H,21,22). The molecule has 1 amide bonds. The highest BCUT2D eigenvalue weighted by atomic mass is 19.4. The number of halogens is 3. The van der Waals surface area contributed by atoms with E-state index in [1.807, 2.05) is 0 Å². The molecule has 0 spiro atoms. The van der Waals surface area contributed by atoms with E-state index in [-0.39, 0.29) is 11.8 Å². The predicted octanol–water partition coefficient (Wildman–Crippen LogP) is 3.22. The number of hydrogen-bond donors (Lipinski definition) is 1. The minimum Gasteiger partial charge on any atom is -0.341 e. The zero-order valence-corrected chi connectivity index (χ0v) is 13.2. The van der Waals surface area contributed by atoms with Crippen LogP contribution in [0.4, 0.5) is 13.2 Å². The van der Waals surface area contributed by atoms with Crippen molar-refractivity contribution in [2.45, 2.75) is 50.6 Å². The average molecular weight is 340 g/mol. The number of carbonyl (C=O) groups is 1. The van der Waals surface area contributed by atoms with Gasteiger partial charge in [-0.2, -0.15) is 23.5 Å². The molecule has 0 radical (unpaired) electrons. The molecule has 1 unspecified atom stereocenters. The number of amides is 1. The summed E-state index contributed by atoms with van der Waals surface area (Å²) < 4.78 is 38.1. The van der Waals surface area contributed by atoms with Gasteiger partial charge in [0, 0.05) is 24.7 Å². The number of nitrogens with one attached hydrogen (secondary N) is 1. The van der Waals surface area contributed by atoms with Crippen LogP contribution in [0.15, 0.2) is 6.07 Å². The van der Waals surface area contributed by atoms with Crippen LogP contribution < -0.4 is 0 Å². The van der Waals surface area contributed by atoms with Gasteiger partial charge >= 0.3 is 6.18 Å². The fraction of sp³-hybridized carbons (Fsp3) is 0.688. The fourth-order valence-electron chi connectivity index (χ4n) is 3.76. The van der Waals surface area contributed by atoms with Crippen molar-refractivity contribution in [1.82, 2.24) is 15.1 Å². The lowest BCUT2D eigenvalue weighted by Crippen LogP contribution is -2.46. The number of likely N-dealkylation sites (tertiary alicyclic amines) is 1. The molecule has 0 aromatic carbocycles. The molecule has 1 N–H and O–H groups in total. The van der Waals surface area contributed by atoms with Gasteiger partial charge in [-0.3, -0.25) is 9.89 Å². The van der Waals surface area contributed by atoms with Crippen LogP contribution in [0.2, 0.25) is 0 Å². The molecule has 1 saturated heterocycles. The Morgan fingerprint density at radius 3 is 2.67 bits per heavy atom. The first-order valence-corrected chi connectivity index (χ1v) is 8.19. The zero-order valence-electron chi connectivity index (χ0n) is 13.2. The van der Waals surface area contributed by atoms with E-state index in [2.05, 4.69) is 16.3 Å². The average Bonchev–Trinajstić information content (AvgIpc) is 3.24. The summed E-state index contributed by atoms with van der Waals surface area (Å²) in [5.41, 5.74) is -1.48. The van der Waals surface area contributed by atoms with E-state index in [9.17, 15) is 23.2 Å². The van der Waals surface area contributed by atoms with Crippen molar-refractivity contribution in [2.24, 2.45) is 5.41 Å². The number of carbonyl (C=O) groups excluding carboxylic acids is 1. The van der Waals surface area contributed by atoms with E-state index in [0.717, 1.165) is 18.9 Å². The third kappa shape index (κ3) is 2.99.